The Morgan fingerprint density at radius 2 is 1.79 bits per heavy atom. The summed E-state index contributed by atoms with van der Waals surface area (Å²) in [5.74, 6) is -1.29. The molecule has 0 aliphatic heterocycles. The summed E-state index contributed by atoms with van der Waals surface area (Å²) in [7, 11) is 0. The number of aromatic amines is 1. The first-order chi connectivity index (χ1) is 8.59. The molecule has 0 saturated heterocycles. The predicted octanol–water partition coefficient (Wildman–Crippen LogP) is 2.64. The molecule has 3 N–H and O–H groups in total. The molecule has 1 aromatic heterocycles. The Hall–Kier alpha value is -1.78. The number of aromatic nitrogens is 1. The van der Waals surface area contributed by atoms with Crippen molar-refractivity contribution in [2.75, 3.05) is 5.32 Å². The van der Waals surface area contributed by atoms with Crippen molar-refractivity contribution in [3.05, 3.63) is 17.5 Å². The van der Waals surface area contributed by atoms with Gasteiger partial charge in [-0.25, -0.2) is 4.79 Å². The molecule has 5 nitrogen and oxygen atoms in total. The molecular formula is C14H20N2O3. The number of carbonyl (C=O) groups is 2. The van der Waals surface area contributed by atoms with E-state index < -0.39 is 5.97 Å². The van der Waals surface area contributed by atoms with Crippen molar-refractivity contribution in [2.24, 2.45) is 16.7 Å². The molecule has 0 unspecified atom stereocenters. The third kappa shape index (κ3) is 1.93. The van der Waals surface area contributed by atoms with E-state index >= 15 is 0 Å². The van der Waals surface area contributed by atoms with E-state index in [-0.39, 0.29) is 28.3 Å². The maximum absolute atomic E-state index is 12.3. The van der Waals surface area contributed by atoms with Gasteiger partial charge in [-0.3, -0.25) is 4.79 Å². The van der Waals surface area contributed by atoms with E-state index in [1.807, 2.05) is 0 Å². The normalized spacial score (nSPS) is 20.1. The fourth-order valence-electron chi connectivity index (χ4n) is 2.91. The second kappa shape index (κ2) is 3.85. The van der Waals surface area contributed by atoms with Gasteiger partial charge in [0.1, 0.15) is 5.69 Å². The van der Waals surface area contributed by atoms with Crippen LogP contribution in [0.15, 0.2) is 6.07 Å². The molecular weight excluding hydrogens is 244 g/mol. The van der Waals surface area contributed by atoms with Crippen LogP contribution in [-0.2, 0) is 4.79 Å². The summed E-state index contributed by atoms with van der Waals surface area (Å²) in [5, 5.41) is 11.8. The van der Waals surface area contributed by atoms with Crippen LogP contribution < -0.4 is 5.32 Å². The fourth-order valence-corrected chi connectivity index (χ4v) is 2.91. The number of aromatic carboxylic acids is 1. The zero-order chi connectivity index (χ0) is 14.6. The third-order valence-corrected chi connectivity index (χ3v) is 4.71. The van der Waals surface area contributed by atoms with Gasteiger partial charge in [0.25, 0.3) is 0 Å². The molecule has 1 amide bonds. The average Bonchev–Trinajstić information content (AvgIpc) is 2.54. The molecule has 0 bridgehead atoms. The summed E-state index contributed by atoms with van der Waals surface area (Å²) in [4.78, 5) is 26.1. The molecule has 1 saturated carbocycles. The van der Waals surface area contributed by atoms with Crippen LogP contribution in [0.3, 0.4) is 0 Å². The topological polar surface area (TPSA) is 82.2 Å². The van der Waals surface area contributed by atoms with Crippen LogP contribution in [0, 0.1) is 23.7 Å². The van der Waals surface area contributed by atoms with E-state index in [1.165, 1.54) is 0 Å². The number of hydrogen-bond acceptors (Lipinski definition) is 2. The Kier molecular flexibility index (Phi) is 2.77. The smallest absolute Gasteiger partial charge is 0.354 e. The second-order valence-corrected chi connectivity index (χ2v) is 6.41. The molecule has 0 atom stereocenters. The highest BCUT2D eigenvalue weighted by Crippen LogP contribution is 2.68. The number of carboxylic acids is 1. The highest BCUT2D eigenvalue weighted by molar-refractivity contribution is 6.02. The van der Waals surface area contributed by atoms with Gasteiger partial charge in [-0.1, -0.05) is 27.7 Å². The van der Waals surface area contributed by atoms with Crippen LogP contribution >= 0.6 is 0 Å². The third-order valence-electron chi connectivity index (χ3n) is 4.71. The Bertz CT molecular complexity index is 541. The van der Waals surface area contributed by atoms with Crippen LogP contribution in [-0.4, -0.2) is 22.0 Å². The van der Waals surface area contributed by atoms with Gasteiger partial charge < -0.3 is 15.4 Å². The zero-order valence-electron chi connectivity index (χ0n) is 11.9. The molecule has 104 valence electrons. The highest BCUT2D eigenvalue weighted by Gasteiger charge is 2.68. The van der Waals surface area contributed by atoms with Crippen molar-refractivity contribution in [3.8, 4) is 0 Å². The second-order valence-electron chi connectivity index (χ2n) is 6.41. The fraction of sp³-hybridized carbons (Fsp3) is 0.571. The zero-order valence-corrected chi connectivity index (χ0v) is 11.9. The predicted molar refractivity (Wildman–Crippen MR) is 72.2 cm³/mol. The maximum Gasteiger partial charge on any atom is 0.354 e. The Morgan fingerprint density at radius 1 is 1.26 bits per heavy atom. The van der Waals surface area contributed by atoms with Gasteiger partial charge in [0.05, 0.1) is 5.69 Å². The van der Waals surface area contributed by atoms with Crippen LogP contribution in [0.4, 0.5) is 5.69 Å². The molecule has 1 heterocycles. The van der Waals surface area contributed by atoms with Gasteiger partial charge in [-0.05, 0) is 23.8 Å². The SMILES string of the molecule is Cc1cc(NC(=O)C2C(C)(C)C2(C)C)c(C(=O)O)[nH]1. The van der Waals surface area contributed by atoms with Crippen LogP contribution in [0.2, 0.25) is 0 Å². The molecule has 1 aliphatic carbocycles. The number of aryl methyl sites for hydroxylation is 1. The average molecular weight is 264 g/mol. The van der Waals surface area contributed by atoms with E-state index in [2.05, 4.69) is 38.0 Å². The van der Waals surface area contributed by atoms with Crippen molar-refractivity contribution in [1.29, 1.82) is 0 Å². The quantitative estimate of drug-likeness (QED) is 0.784. The Labute approximate surface area is 112 Å². The number of anilines is 1. The first kappa shape index (κ1) is 13.6. The van der Waals surface area contributed by atoms with Crippen molar-refractivity contribution >= 4 is 17.6 Å². The highest BCUT2D eigenvalue weighted by atomic mass is 16.4. The van der Waals surface area contributed by atoms with Crippen molar-refractivity contribution in [1.82, 2.24) is 4.98 Å². The van der Waals surface area contributed by atoms with Gasteiger partial charge in [0.2, 0.25) is 5.91 Å². The Morgan fingerprint density at radius 3 is 2.21 bits per heavy atom. The van der Waals surface area contributed by atoms with E-state index in [1.54, 1.807) is 13.0 Å². The largest absolute Gasteiger partial charge is 0.477 e. The van der Waals surface area contributed by atoms with E-state index in [4.69, 9.17) is 5.11 Å². The molecule has 5 heteroatoms. The molecule has 19 heavy (non-hydrogen) atoms. The molecule has 1 aromatic rings. The number of H-pyrrole nitrogens is 1. The lowest BCUT2D eigenvalue weighted by molar-refractivity contribution is -0.118. The number of carbonyl (C=O) groups excluding carboxylic acids is 1. The summed E-state index contributed by atoms with van der Waals surface area (Å²) < 4.78 is 0. The van der Waals surface area contributed by atoms with Gasteiger partial charge in [-0.15, -0.1) is 0 Å². The lowest BCUT2D eigenvalue weighted by Gasteiger charge is -2.05. The van der Waals surface area contributed by atoms with E-state index in [0.29, 0.717) is 11.4 Å². The lowest BCUT2D eigenvalue weighted by atomic mass is 10.0. The number of hydrogen-bond donors (Lipinski definition) is 3. The number of amides is 1. The van der Waals surface area contributed by atoms with Crippen molar-refractivity contribution in [2.45, 2.75) is 34.6 Å². The van der Waals surface area contributed by atoms with Crippen molar-refractivity contribution < 1.29 is 14.7 Å². The minimum atomic E-state index is -1.07. The standard InChI is InChI=1S/C14H20N2O3/c1-7-6-8(9(15-7)12(18)19)16-11(17)10-13(2,3)14(10,4)5/h6,10,15H,1-5H3,(H,16,17)(H,18,19). The summed E-state index contributed by atoms with van der Waals surface area (Å²) >= 11 is 0. The molecule has 0 spiro atoms. The summed E-state index contributed by atoms with van der Waals surface area (Å²) in [5.41, 5.74) is 0.954. The maximum atomic E-state index is 12.3. The summed E-state index contributed by atoms with van der Waals surface area (Å²) in [6.45, 7) is 9.97. The molecule has 0 radical (unpaired) electrons. The number of nitrogens with one attached hydrogen (secondary N) is 2. The number of rotatable bonds is 3. The first-order valence-electron chi connectivity index (χ1n) is 6.33. The van der Waals surface area contributed by atoms with E-state index in [9.17, 15) is 9.59 Å². The molecule has 1 aliphatic rings. The van der Waals surface area contributed by atoms with Gasteiger partial charge in [0.15, 0.2) is 0 Å². The number of carboxylic acid groups (broad SMARTS) is 1. The monoisotopic (exact) mass is 264 g/mol. The minimum Gasteiger partial charge on any atom is -0.477 e. The van der Waals surface area contributed by atoms with E-state index in [0.717, 1.165) is 0 Å². The minimum absolute atomic E-state index is 0.0297. The van der Waals surface area contributed by atoms with Gasteiger partial charge >= 0.3 is 5.97 Å². The molecule has 1 fully saturated rings. The van der Waals surface area contributed by atoms with Crippen LogP contribution in [0.25, 0.3) is 0 Å². The molecule has 2 rings (SSSR count). The lowest BCUT2D eigenvalue weighted by Crippen LogP contribution is -2.19. The summed E-state index contributed by atoms with van der Waals surface area (Å²) in [6.07, 6.45) is 0. The van der Waals surface area contributed by atoms with Crippen LogP contribution in [0.1, 0.15) is 43.9 Å². The van der Waals surface area contributed by atoms with Gasteiger partial charge in [-0.2, -0.15) is 0 Å². The first-order valence-corrected chi connectivity index (χ1v) is 6.33. The Balaban J connectivity index is 2.20. The van der Waals surface area contributed by atoms with Crippen LogP contribution in [0.5, 0.6) is 0 Å². The molecule has 0 aromatic carbocycles. The van der Waals surface area contributed by atoms with Crippen molar-refractivity contribution in [3.63, 3.8) is 0 Å². The summed E-state index contributed by atoms with van der Waals surface area (Å²) in [6, 6.07) is 1.64. The van der Waals surface area contributed by atoms with Gasteiger partial charge in [0, 0.05) is 11.6 Å².